The highest BCUT2D eigenvalue weighted by Gasteiger charge is 2.37. The first-order chi connectivity index (χ1) is 15.1. The van der Waals surface area contributed by atoms with Gasteiger partial charge in [0.15, 0.2) is 0 Å². The molecule has 1 atom stereocenters. The summed E-state index contributed by atoms with van der Waals surface area (Å²) in [6, 6.07) is 14.4. The maximum atomic E-state index is 2.52. The number of aryl methyl sites for hydroxylation is 2. The fourth-order valence-electron chi connectivity index (χ4n) is 5.52. The van der Waals surface area contributed by atoms with E-state index >= 15 is 0 Å². The van der Waals surface area contributed by atoms with E-state index in [9.17, 15) is 0 Å². The second-order valence-electron chi connectivity index (χ2n) is 10.7. The number of rotatable bonds is 1. The van der Waals surface area contributed by atoms with Gasteiger partial charge in [0.25, 0.3) is 0 Å². The van der Waals surface area contributed by atoms with Crippen LogP contribution in [0.1, 0.15) is 122 Å². The predicted molar refractivity (Wildman–Crippen MR) is 146 cm³/mol. The second kappa shape index (κ2) is 10.4. The topological polar surface area (TPSA) is 0 Å². The van der Waals surface area contributed by atoms with Crippen molar-refractivity contribution in [2.75, 3.05) is 0 Å². The molecule has 0 radical (unpaired) electrons. The second-order valence-corrected chi connectivity index (χ2v) is 10.7. The van der Waals surface area contributed by atoms with E-state index in [2.05, 4.69) is 84.9 Å². The van der Waals surface area contributed by atoms with E-state index in [0.29, 0.717) is 5.92 Å². The lowest BCUT2D eigenvalue weighted by Crippen LogP contribution is -2.33. The number of hydrogen-bond donors (Lipinski definition) is 0. The summed E-state index contributed by atoms with van der Waals surface area (Å²) in [5.41, 5.74) is 12.5. The molecule has 0 saturated carbocycles. The molecule has 0 aromatic heterocycles. The van der Waals surface area contributed by atoms with Crippen molar-refractivity contribution >= 4 is 11.1 Å². The smallest absolute Gasteiger partial charge is 0.0100 e. The van der Waals surface area contributed by atoms with Crippen molar-refractivity contribution in [3.05, 3.63) is 69.8 Å². The van der Waals surface area contributed by atoms with Crippen LogP contribution >= 0.6 is 0 Å². The Labute approximate surface area is 199 Å². The van der Waals surface area contributed by atoms with E-state index in [1.54, 1.807) is 16.7 Å². The van der Waals surface area contributed by atoms with Crippen molar-refractivity contribution in [3.8, 4) is 0 Å². The highest BCUT2D eigenvalue weighted by Crippen LogP contribution is 2.47. The van der Waals surface area contributed by atoms with Crippen molar-refractivity contribution in [1.82, 2.24) is 0 Å². The molecule has 176 valence electrons. The lowest BCUT2D eigenvalue weighted by atomic mass is 9.62. The fraction of sp³-hybridized carbons (Fsp3) is 0.562. The molecule has 0 bridgehead atoms. The van der Waals surface area contributed by atoms with E-state index in [-0.39, 0.29) is 10.8 Å². The summed E-state index contributed by atoms with van der Waals surface area (Å²) in [7, 11) is 0. The Kier molecular flexibility index (Phi) is 8.60. The Morgan fingerprint density at radius 3 is 2.03 bits per heavy atom. The average Bonchev–Trinajstić information content (AvgIpc) is 2.79. The minimum Gasteiger partial charge on any atom is -0.0683 e. The predicted octanol–water partition coefficient (Wildman–Crippen LogP) is 9.91. The van der Waals surface area contributed by atoms with Crippen molar-refractivity contribution in [2.24, 2.45) is 5.92 Å². The van der Waals surface area contributed by atoms with E-state index in [1.165, 1.54) is 53.5 Å². The van der Waals surface area contributed by atoms with Crippen molar-refractivity contribution < 1.29 is 0 Å². The normalized spacial score (nSPS) is 21.7. The highest BCUT2D eigenvalue weighted by molar-refractivity contribution is 5.92. The Bertz CT molecular complexity index is 952. The molecule has 1 unspecified atom stereocenters. The van der Waals surface area contributed by atoms with E-state index in [0.717, 1.165) is 0 Å². The molecule has 0 fully saturated rings. The first-order valence-corrected chi connectivity index (χ1v) is 13.1. The van der Waals surface area contributed by atoms with Gasteiger partial charge in [-0.25, -0.2) is 0 Å². The molecule has 0 aliphatic heterocycles. The molecular formula is C32H48. The Hall–Kier alpha value is -1.82. The molecule has 0 amide bonds. The number of fused-ring (bicyclic) bond motifs is 2. The van der Waals surface area contributed by atoms with Crippen LogP contribution in [-0.2, 0) is 17.3 Å². The maximum absolute atomic E-state index is 2.52. The fourth-order valence-corrected chi connectivity index (χ4v) is 5.52. The highest BCUT2D eigenvalue weighted by atomic mass is 14.4. The van der Waals surface area contributed by atoms with Gasteiger partial charge in [-0.05, 0) is 95.2 Å². The summed E-state index contributed by atoms with van der Waals surface area (Å²) in [6.45, 7) is 24.6. The summed E-state index contributed by atoms with van der Waals surface area (Å²) in [5, 5.41) is 0. The summed E-state index contributed by atoms with van der Waals surface area (Å²) in [5.74, 6) is 0.621. The molecule has 32 heavy (non-hydrogen) atoms. The Morgan fingerprint density at radius 1 is 0.812 bits per heavy atom. The third kappa shape index (κ3) is 5.05. The lowest BCUT2D eigenvalue weighted by molar-refractivity contribution is 0.332. The molecule has 0 N–H and O–H groups in total. The van der Waals surface area contributed by atoms with E-state index in [1.807, 2.05) is 27.7 Å². The Balaban J connectivity index is 0.000000860. The molecule has 2 aromatic carbocycles. The summed E-state index contributed by atoms with van der Waals surface area (Å²) in [6.07, 6.45) is 5.01. The molecule has 0 heteroatoms. The number of allylic oxidation sites excluding steroid dienone is 2. The first kappa shape index (κ1) is 26.4. The maximum Gasteiger partial charge on any atom is -0.0100 e. The monoisotopic (exact) mass is 432 g/mol. The minimum atomic E-state index is 0.263. The molecule has 0 spiro atoms. The molecule has 2 aliphatic carbocycles. The zero-order chi connectivity index (χ0) is 24.3. The van der Waals surface area contributed by atoms with Crippen LogP contribution in [0.4, 0.5) is 0 Å². The van der Waals surface area contributed by atoms with Gasteiger partial charge >= 0.3 is 0 Å². The molecule has 2 aromatic rings. The van der Waals surface area contributed by atoms with E-state index in [4.69, 9.17) is 0 Å². The van der Waals surface area contributed by atoms with Gasteiger partial charge < -0.3 is 0 Å². The van der Waals surface area contributed by atoms with Crippen molar-refractivity contribution in [1.29, 1.82) is 0 Å². The van der Waals surface area contributed by atoms with Gasteiger partial charge in [-0.15, -0.1) is 0 Å². The van der Waals surface area contributed by atoms with Gasteiger partial charge in [0.05, 0.1) is 0 Å². The minimum absolute atomic E-state index is 0.263. The average molecular weight is 433 g/mol. The Morgan fingerprint density at radius 2 is 1.41 bits per heavy atom. The quantitative estimate of drug-likeness (QED) is 0.420. The standard InChI is InChI=1S/C28H36.2C2H6/c1-18-8-12-23-22(16-18)10-9-19(2)26(23)20(3)21-11-13-24-25(17-21)28(6,7)15-14-27(24,4)5;2*1-2/h8,11-13,16-17,19H,9-10,14-15H2,1-7H3;2*1-2H3/b26-20-;;. The summed E-state index contributed by atoms with van der Waals surface area (Å²) < 4.78 is 0. The van der Waals surface area contributed by atoms with Gasteiger partial charge in [0, 0.05) is 0 Å². The van der Waals surface area contributed by atoms with Gasteiger partial charge in [0.2, 0.25) is 0 Å². The van der Waals surface area contributed by atoms with Gasteiger partial charge in [0.1, 0.15) is 0 Å². The largest absolute Gasteiger partial charge is 0.0683 e. The van der Waals surface area contributed by atoms with Crippen molar-refractivity contribution in [2.45, 2.75) is 113 Å². The van der Waals surface area contributed by atoms with Crippen LogP contribution < -0.4 is 0 Å². The summed E-state index contributed by atoms with van der Waals surface area (Å²) >= 11 is 0. The van der Waals surface area contributed by atoms with Crippen LogP contribution in [0.25, 0.3) is 11.1 Å². The SMILES string of the molecule is C/C(=C1/c2ccc(C)cc2CCC1C)c1ccc2c(c1)C(C)(C)CCC2(C)C.CC.CC. The van der Waals surface area contributed by atoms with Crippen LogP contribution in [0.15, 0.2) is 36.4 Å². The van der Waals surface area contributed by atoms with Gasteiger partial charge in [-0.2, -0.15) is 0 Å². The van der Waals surface area contributed by atoms with Crippen LogP contribution in [0.5, 0.6) is 0 Å². The van der Waals surface area contributed by atoms with Crippen LogP contribution in [0.3, 0.4) is 0 Å². The first-order valence-electron chi connectivity index (χ1n) is 13.1. The van der Waals surface area contributed by atoms with Gasteiger partial charge in [-0.3, -0.25) is 0 Å². The van der Waals surface area contributed by atoms with Crippen LogP contribution in [-0.4, -0.2) is 0 Å². The molecule has 4 rings (SSSR count). The number of benzene rings is 2. The molecule has 2 aliphatic rings. The van der Waals surface area contributed by atoms with Crippen molar-refractivity contribution in [3.63, 3.8) is 0 Å². The third-order valence-corrected chi connectivity index (χ3v) is 7.58. The van der Waals surface area contributed by atoms with Crippen LogP contribution in [0, 0.1) is 12.8 Å². The third-order valence-electron chi connectivity index (χ3n) is 7.58. The zero-order valence-corrected chi connectivity index (χ0v) is 22.9. The van der Waals surface area contributed by atoms with Crippen LogP contribution in [0.2, 0.25) is 0 Å². The van der Waals surface area contributed by atoms with E-state index < -0.39 is 0 Å². The zero-order valence-electron chi connectivity index (χ0n) is 22.9. The molecule has 0 nitrogen and oxygen atoms in total. The number of hydrogen-bond acceptors (Lipinski definition) is 0. The van der Waals surface area contributed by atoms with Gasteiger partial charge in [-0.1, -0.05) is 104 Å². The lowest BCUT2D eigenvalue weighted by Gasteiger charge is -2.42. The summed E-state index contributed by atoms with van der Waals surface area (Å²) in [4.78, 5) is 0. The molecular weight excluding hydrogens is 384 g/mol. The molecule has 0 saturated heterocycles. The molecule has 0 heterocycles.